The minimum Gasteiger partial charge on any atom is -0.462 e. The molecule has 0 radical (unpaired) electrons. The van der Waals surface area contributed by atoms with Gasteiger partial charge in [0, 0.05) is 18.6 Å². The molecule has 0 bridgehead atoms. The largest absolute Gasteiger partial charge is 0.462 e. The van der Waals surface area contributed by atoms with Crippen LogP contribution in [0.3, 0.4) is 0 Å². The first-order valence-corrected chi connectivity index (χ1v) is 5.25. The lowest BCUT2D eigenvalue weighted by Gasteiger charge is -2.03. The summed E-state index contributed by atoms with van der Waals surface area (Å²) in [6, 6.07) is 9.59. The lowest BCUT2D eigenvalue weighted by atomic mass is 10.1. The van der Waals surface area contributed by atoms with Crippen molar-refractivity contribution in [2.45, 2.75) is 13.3 Å². The van der Waals surface area contributed by atoms with Crippen LogP contribution in [0.2, 0.25) is 0 Å². The van der Waals surface area contributed by atoms with Crippen LogP contribution in [-0.2, 0) is 9.53 Å². The molecule has 0 aliphatic heterocycles. The van der Waals surface area contributed by atoms with Crippen LogP contribution in [0.4, 0.5) is 0 Å². The van der Waals surface area contributed by atoms with E-state index in [0.717, 1.165) is 5.56 Å². The Morgan fingerprint density at radius 3 is 2.69 bits per heavy atom. The molecule has 0 atom stereocenters. The average Bonchev–Trinajstić information content (AvgIpc) is 2.30. The van der Waals surface area contributed by atoms with Gasteiger partial charge in [0.15, 0.2) is 0 Å². The van der Waals surface area contributed by atoms with E-state index in [1.165, 1.54) is 0 Å². The molecule has 1 rings (SSSR count). The zero-order valence-electron chi connectivity index (χ0n) is 9.35. The van der Waals surface area contributed by atoms with Crippen LogP contribution in [0.15, 0.2) is 35.9 Å². The Hall–Kier alpha value is -1.61. The maximum Gasteiger partial charge on any atom is 0.333 e. The molecular weight excluding hydrogens is 204 g/mol. The molecule has 86 valence electrons. The molecule has 0 aromatic heterocycles. The van der Waals surface area contributed by atoms with Gasteiger partial charge in [0.1, 0.15) is 0 Å². The third kappa shape index (κ3) is 4.28. The first kappa shape index (κ1) is 12.5. The number of hydrogen-bond donors (Lipinski definition) is 1. The molecule has 1 aromatic carbocycles. The van der Waals surface area contributed by atoms with Gasteiger partial charge in [0.25, 0.3) is 0 Å². The SMILES string of the molecule is CC(=Cc1ccccc1)C(=O)OCCCO. The third-order valence-electron chi connectivity index (χ3n) is 2.04. The van der Waals surface area contributed by atoms with Gasteiger partial charge in [0.2, 0.25) is 0 Å². The van der Waals surface area contributed by atoms with E-state index in [1.807, 2.05) is 30.3 Å². The summed E-state index contributed by atoms with van der Waals surface area (Å²) in [5, 5.41) is 8.55. The van der Waals surface area contributed by atoms with Crippen molar-refractivity contribution >= 4 is 12.0 Å². The fourth-order valence-electron chi connectivity index (χ4n) is 1.20. The van der Waals surface area contributed by atoms with Crippen molar-refractivity contribution in [1.82, 2.24) is 0 Å². The molecule has 0 aliphatic carbocycles. The molecule has 0 amide bonds. The first-order chi connectivity index (χ1) is 7.74. The monoisotopic (exact) mass is 220 g/mol. The van der Waals surface area contributed by atoms with Crippen molar-refractivity contribution in [3.63, 3.8) is 0 Å². The number of aliphatic hydroxyl groups is 1. The molecule has 1 N–H and O–H groups in total. The first-order valence-electron chi connectivity index (χ1n) is 5.25. The number of ether oxygens (including phenoxy) is 1. The molecule has 0 unspecified atom stereocenters. The number of benzene rings is 1. The molecule has 0 fully saturated rings. The lowest BCUT2D eigenvalue weighted by molar-refractivity contribution is -0.139. The van der Waals surface area contributed by atoms with Gasteiger partial charge < -0.3 is 9.84 Å². The quantitative estimate of drug-likeness (QED) is 0.469. The average molecular weight is 220 g/mol. The van der Waals surface area contributed by atoms with Crippen molar-refractivity contribution in [2.75, 3.05) is 13.2 Å². The second kappa shape index (κ2) is 6.80. The summed E-state index contributed by atoms with van der Waals surface area (Å²) in [6.07, 6.45) is 2.26. The van der Waals surface area contributed by atoms with Crippen molar-refractivity contribution in [3.05, 3.63) is 41.5 Å². The van der Waals surface area contributed by atoms with E-state index in [9.17, 15) is 4.79 Å². The highest BCUT2D eigenvalue weighted by atomic mass is 16.5. The van der Waals surface area contributed by atoms with Gasteiger partial charge in [-0.25, -0.2) is 4.79 Å². The predicted octanol–water partition coefficient (Wildman–Crippen LogP) is 2.02. The summed E-state index contributed by atoms with van der Waals surface area (Å²) < 4.78 is 4.95. The van der Waals surface area contributed by atoms with E-state index >= 15 is 0 Å². The molecule has 0 aliphatic rings. The van der Waals surface area contributed by atoms with E-state index in [-0.39, 0.29) is 19.2 Å². The Labute approximate surface area is 95.4 Å². The van der Waals surface area contributed by atoms with Crippen LogP contribution in [0.5, 0.6) is 0 Å². The Balaban J connectivity index is 2.53. The number of aliphatic hydroxyl groups excluding tert-OH is 1. The second-order valence-corrected chi connectivity index (χ2v) is 3.45. The van der Waals surface area contributed by atoms with Gasteiger partial charge in [-0.3, -0.25) is 0 Å². The van der Waals surface area contributed by atoms with Crippen molar-refractivity contribution < 1.29 is 14.6 Å². The zero-order chi connectivity index (χ0) is 11.8. The molecule has 3 heteroatoms. The van der Waals surface area contributed by atoms with E-state index in [4.69, 9.17) is 9.84 Å². The van der Waals surface area contributed by atoms with Gasteiger partial charge in [-0.15, -0.1) is 0 Å². The topological polar surface area (TPSA) is 46.5 Å². The number of carbonyl (C=O) groups excluding carboxylic acids is 1. The minimum absolute atomic E-state index is 0.0364. The molecule has 0 saturated carbocycles. The van der Waals surface area contributed by atoms with E-state index in [2.05, 4.69) is 0 Å². The van der Waals surface area contributed by atoms with Gasteiger partial charge in [-0.05, 0) is 18.6 Å². The number of carbonyl (C=O) groups is 1. The maximum atomic E-state index is 11.5. The highest BCUT2D eigenvalue weighted by molar-refractivity contribution is 5.92. The zero-order valence-corrected chi connectivity index (χ0v) is 9.35. The molecule has 0 saturated heterocycles. The number of hydrogen-bond acceptors (Lipinski definition) is 3. The Bertz CT molecular complexity index is 355. The Morgan fingerprint density at radius 2 is 2.06 bits per heavy atom. The number of rotatable bonds is 5. The summed E-state index contributed by atoms with van der Waals surface area (Å²) in [7, 11) is 0. The van der Waals surface area contributed by atoms with Crippen LogP contribution >= 0.6 is 0 Å². The Morgan fingerprint density at radius 1 is 1.38 bits per heavy atom. The normalized spacial score (nSPS) is 11.2. The van der Waals surface area contributed by atoms with Gasteiger partial charge in [0.05, 0.1) is 6.61 Å². The second-order valence-electron chi connectivity index (χ2n) is 3.45. The lowest BCUT2D eigenvalue weighted by Crippen LogP contribution is -2.07. The van der Waals surface area contributed by atoms with Crippen LogP contribution in [-0.4, -0.2) is 24.3 Å². The van der Waals surface area contributed by atoms with Crippen molar-refractivity contribution in [2.24, 2.45) is 0 Å². The molecule has 0 spiro atoms. The fourth-order valence-corrected chi connectivity index (χ4v) is 1.20. The van der Waals surface area contributed by atoms with Crippen LogP contribution in [0.25, 0.3) is 6.08 Å². The van der Waals surface area contributed by atoms with Gasteiger partial charge in [-0.2, -0.15) is 0 Å². The van der Waals surface area contributed by atoms with Crippen LogP contribution in [0, 0.1) is 0 Å². The summed E-state index contributed by atoms with van der Waals surface area (Å²) >= 11 is 0. The smallest absolute Gasteiger partial charge is 0.333 e. The van der Waals surface area contributed by atoms with Crippen molar-refractivity contribution in [3.8, 4) is 0 Å². The van der Waals surface area contributed by atoms with Crippen LogP contribution in [0.1, 0.15) is 18.9 Å². The molecular formula is C13H16O3. The van der Waals surface area contributed by atoms with E-state index in [0.29, 0.717) is 12.0 Å². The number of esters is 1. The minimum atomic E-state index is -0.336. The standard InChI is InChI=1S/C13H16O3/c1-11(13(15)16-9-5-8-14)10-12-6-3-2-4-7-12/h2-4,6-7,10,14H,5,8-9H2,1H3. The van der Waals surface area contributed by atoms with E-state index in [1.54, 1.807) is 13.0 Å². The molecule has 0 heterocycles. The van der Waals surface area contributed by atoms with Crippen LogP contribution < -0.4 is 0 Å². The maximum absolute atomic E-state index is 11.5. The fraction of sp³-hybridized carbons (Fsp3) is 0.308. The van der Waals surface area contributed by atoms with Gasteiger partial charge >= 0.3 is 5.97 Å². The highest BCUT2D eigenvalue weighted by Gasteiger charge is 2.04. The molecule has 1 aromatic rings. The van der Waals surface area contributed by atoms with Gasteiger partial charge in [-0.1, -0.05) is 30.3 Å². The summed E-state index contributed by atoms with van der Waals surface area (Å²) in [6.45, 7) is 2.01. The Kier molecular flexibility index (Phi) is 5.29. The molecule has 16 heavy (non-hydrogen) atoms. The van der Waals surface area contributed by atoms with E-state index < -0.39 is 0 Å². The highest BCUT2D eigenvalue weighted by Crippen LogP contribution is 2.07. The summed E-state index contributed by atoms with van der Waals surface area (Å²) in [5.74, 6) is -0.336. The summed E-state index contributed by atoms with van der Waals surface area (Å²) in [5.41, 5.74) is 1.53. The predicted molar refractivity (Wildman–Crippen MR) is 62.8 cm³/mol. The summed E-state index contributed by atoms with van der Waals surface area (Å²) in [4.78, 5) is 11.5. The van der Waals surface area contributed by atoms with Crippen molar-refractivity contribution in [1.29, 1.82) is 0 Å². The third-order valence-corrected chi connectivity index (χ3v) is 2.04. The molecule has 3 nitrogen and oxygen atoms in total.